The van der Waals surface area contributed by atoms with E-state index in [0.717, 1.165) is 35.7 Å². The lowest BCUT2D eigenvalue weighted by Crippen LogP contribution is -2.42. The molecular weight excluding hydrogens is 280 g/mol. The Balaban J connectivity index is 2.05. The fourth-order valence-corrected chi connectivity index (χ4v) is 2.94. The average Bonchev–Trinajstić information content (AvgIpc) is 2.82. The molecule has 2 rings (SSSR count). The van der Waals surface area contributed by atoms with Crippen LogP contribution in [0, 0.1) is 0 Å². The Labute approximate surface area is 111 Å². The van der Waals surface area contributed by atoms with Gasteiger partial charge < -0.3 is 9.84 Å². The van der Waals surface area contributed by atoms with Crippen molar-refractivity contribution < 1.29 is 9.84 Å². The molecule has 3 heteroatoms. The minimum atomic E-state index is -0.406. The van der Waals surface area contributed by atoms with Gasteiger partial charge >= 0.3 is 0 Å². The quantitative estimate of drug-likeness (QED) is 0.924. The molecule has 0 aliphatic heterocycles. The second-order valence-electron chi connectivity index (χ2n) is 4.82. The van der Waals surface area contributed by atoms with Crippen LogP contribution < -0.4 is 0 Å². The van der Waals surface area contributed by atoms with Crippen molar-refractivity contribution in [1.82, 2.24) is 0 Å². The number of aliphatic hydroxyl groups excluding tert-OH is 1. The first-order chi connectivity index (χ1) is 8.16. The van der Waals surface area contributed by atoms with E-state index in [0.29, 0.717) is 6.42 Å². The SMILES string of the molecule is COC1(C(O)Cc2ccc(Br)cc2)CCCC1. The van der Waals surface area contributed by atoms with Crippen molar-refractivity contribution in [3.63, 3.8) is 0 Å². The number of halogens is 1. The van der Waals surface area contributed by atoms with Gasteiger partial charge in [0.25, 0.3) is 0 Å². The van der Waals surface area contributed by atoms with Crippen LogP contribution in [0.5, 0.6) is 0 Å². The number of methoxy groups -OCH3 is 1. The van der Waals surface area contributed by atoms with Gasteiger partial charge in [0, 0.05) is 18.0 Å². The lowest BCUT2D eigenvalue weighted by Gasteiger charge is -2.33. The summed E-state index contributed by atoms with van der Waals surface area (Å²) in [5.74, 6) is 0. The van der Waals surface area contributed by atoms with Gasteiger partial charge in [0.05, 0.1) is 11.7 Å². The average molecular weight is 299 g/mol. The zero-order chi connectivity index (χ0) is 12.3. The minimum Gasteiger partial charge on any atom is -0.390 e. The Morgan fingerprint density at radius 2 is 1.88 bits per heavy atom. The summed E-state index contributed by atoms with van der Waals surface area (Å²) in [6.45, 7) is 0. The molecule has 1 aliphatic carbocycles. The topological polar surface area (TPSA) is 29.5 Å². The van der Waals surface area contributed by atoms with E-state index >= 15 is 0 Å². The molecule has 1 unspecified atom stereocenters. The second-order valence-corrected chi connectivity index (χ2v) is 5.74. The van der Waals surface area contributed by atoms with E-state index in [-0.39, 0.29) is 5.60 Å². The highest BCUT2D eigenvalue weighted by molar-refractivity contribution is 9.10. The van der Waals surface area contributed by atoms with Crippen LogP contribution in [-0.2, 0) is 11.2 Å². The van der Waals surface area contributed by atoms with Gasteiger partial charge in [0.15, 0.2) is 0 Å². The lowest BCUT2D eigenvalue weighted by molar-refractivity contribution is -0.0971. The van der Waals surface area contributed by atoms with E-state index in [4.69, 9.17) is 4.74 Å². The van der Waals surface area contributed by atoms with E-state index in [1.807, 2.05) is 24.3 Å². The predicted octanol–water partition coefficient (Wildman–Crippen LogP) is 3.31. The molecule has 1 aliphatic rings. The number of rotatable bonds is 4. The van der Waals surface area contributed by atoms with E-state index in [1.54, 1.807) is 7.11 Å². The molecule has 0 amide bonds. The maximum Gasteiger partial charge on any atom is 0.0939 e. The number of benzene rings is 1. The van der Waals surface area contributed by atoms with Crippen molar-refractivity contribution in [3.05, 3.63) is 34.3 Å². The van der Waals surface area contributed by atoms with Crippen LogP contribution in [0.15, 0.2) is 28.7 Å². The number of ether oxygens (including phenoxy) is 1. The number of aliphatic hydroxyl groups is 1. The standard InChI is InChI=1S/C14H19BrO2/c1-17-14(8-2-3-9-14)13(16)10-11-4-6-12(15)7-5-11/h4-7,13,16H,2-3,8-10H2,1H3. The molecule has 1 fully saturated rings. The molecule has 1 N–H and O–H groups in total. The highest BCUT2D eigenvalue weighted by Crippen LogP contribution is 2.36. The van der Waals surface area contributed by atoms with Crippen LogP contribution in [0.25, 0.3) is 0 Å². The predicted molar refractivity (Wildman–Crippen MR) is 72.1 cm³/mol. The first-order valence-corrected chi connectivity index (χ1v) is 6.93. The van der Waals surface area contributed by atoms with Crippen LogP contribution in [0.3, 0.4) is 0 Å². The summed E-state index contributed by atoms with van der Waals surface area (Å²) in [6.07, 6.45) is 4.52. The Morgan fingerprint density at radius 1 is 1.29 bits per heavy atom. The number of hydrogen-bond donors (Lipinski definition) is 1. The fraction of sp³-hybridized carbons (Fsp3) is 0.571. The molecule has 1 saturated carbocycles. The van der Waals surface area contributed by atoms with Gasteiger partial charge in [-0.3, -0.25) is 0 Å². The first-order valence-electron chi connectivity index (χ1n) is 6.14. The molecule has 1 aromatic rings. The molecule has 0 heterocycles. The van der Waals surface area contributed by atoms with Gasteiger partial charge in [-0.2, -0.15) is 0 Å². The molecule has 94 valence electrons. The normalized spacial score (nSPS) is 20.4. The van der Waals surface area contributed by atoms with Crippen molar-refractivity contribution in [1.29, 1.82) is 0 Å². The molecule has 0 aromatic heterocycles. The van der Waals surface area contributed by atoms with Crippen molar-refractivity contribution in [2.45, 2.75) is 43.8 Å². The molecule has 0 spiro atoms. The van der Waals surface area contributed by atoms with Crippen LogP contribution in [0.2, 0.25) is 0 Å². The van der Waals surface area contributed by atoms with E-state index in [9.17, 15) is 5.11 Å². The van der Waals surface area contributed by atoms with Crippen LogP contribution in [0.4, 0.5) is 0 Å². The Morgan fingerprint density at radius 3 is 2.41 bits per heavy atom. The summed E-state index contributed by atoms with van der Waals surface area (Å²) >= 11 is 3.41. The van der Waals surface area contributed by atoms with Crippen molar-refractivity contribution in [3.8, 4) is 0 Å². The monoisotopic (exact) mass is 298 g/mol. The molecule has 0 bridgehead atoms. The third-order valence-electron chi connectivity index (χ3n) is 3.81. The molecule has 0 radical (unpaired) electrons. The van der Waals surface area contributed by atoms with Crippen LogP contribution in [-0.4, -0.2) is 23.9 Å². The highest BCUT2D eigenvalue weighted by atomic mass is 79.9. The van der Waals surface area contributed by atoms with Crippen molar-refractivity contribution in [2.24, 2.45) is 0 Å². The molecule has 1 atom stereocenters. The number of hydrogen-bond acceptors (Lipinski definition) is 2. The minimum absolute atomic E-state index is 0.312. The summed E-state index contributed by atoms with van der Waals surface area (Å²) in [4.78, 5) is 0. The molecular formula is C14H19BrO2. The van der Waals surface area contributed by atoms with Crippen LogP contribution >= 0.6 is 15.9 Å². The lowest BCUT2D eigenvalue weighted by atomic mass is 9.90. The molecule has 2 nitrogen and oxygen atoms in total. The largest absolute Gasteiger partial charge is 0.390 e. The molecule has 0 saturated heterocycles. The Bertz CT molecular complexity index is 355. The third-order valence-corrected chi connectivity index (χ3v) is 4.33. The highest BCUT2D eigenvalue weighted by Gasteiger charge is 2.40. The van der Waals surface area contributed by atoms with Gasteiger partial charge in [-0.15, -0.1) is 0 Å². The summed E-state index contributed by atoms with van der Waals surface area (Å²) < 4.78 is 6.66. The smallest absolute Gasteiger partial charge is 0.0939 e. The Kier molecular flexibility index (Phi) is 4.23. The second kappa shape index (κ2) is 5.51. The first kappa shape index (κ1) is 13.1. The summed E-state index contributed by atoms with van der Waals surface area (Å²) in [5.41, 5.74) is 0.844. The van der Waals surface area contributed by atoms with Crippen molar-refractivity contribution in [2.75, 3.05) is 7.11 Å². The zero-order valence-corrected chi connectivity index (χ0v) is 11.7. The van der Waals surface area contributed by atoms with Crippen molar-refractivity contribution >= 4 is 15.9 Å². The summed E-state index contributed by atoms with van der Waals surface area (Å²) in [7, 11) is 1.72. The third kappa shape index (κ3) is 2.90. The van der Waals surface area contributed by atoms with Crippen LogP contribution in [0.1, 0.15) is 31.2 Å². The summed E-state index contributed by atoms with van der Waals surface area (Å²) in [5, 5.41) is 10.4. The maximum absolute atomic E-state index is 10.4. The van der Waals surface area contributed by atoms with Gasteiger partial charge in [-0.05, 0) is 30.5 Å². The van der Waals surface area contributed by atoms with Gasteiger partial charge in [0.2, 0.25) is 0 Å². The zero-order valence-electron chi connectivity index (χ0n) is 10.2. The van der Waals surface area contributed by atoms with Gasteiger partial charge in [-0.1, -0.05) is 40.9 Å². The van der Waals surface area contributed by atoms with E-state index in [1.165, 1.54) is 0 Å². The van der Waals surface area contributed by atoms with Gasteiger partial charge in [0.1, 0.15) is 0 Å². The molecule has 17 heavy (non-hydrogen) atoms. The van der Waals surface area contributed by atoms with Gasteiger partial charge in [-0.25, -0.2) is 0 Å². The summed E-state index contributed by atoms with van der Waals surface area (Å²) in [6, 6.07) is 8.11. The molecule has 1 aromatic carbocycles. The van der Waals surface area contributed by atoms with E-state index in [2.05, 4.69) is 15.9 Å². The Hall–Kier alpha value is -0.380. The van der Waals surface area contributed by atoms with E-state index < -0.39 is 6.10 Å². The fourth-order valence-electron chi connectivity index (χ4n) is 2.68. The maximum atomic E-state index is 10.4.